The zero-order valence-electron chi connectivity index (χ0n) is 16.0. The first kappa shape index (κ1) is 19.0. The molecular formula is C22H31N3. The van der Waals surface area contributed by atoms with Gasteiger partial charge < -0.3 is 10.6 Å². The van der Waals surface area contributed by atoms with E-state index in [1.807, 2.05) is 4.90 Å². The van der Waals surface area contributed by atoms with Gasteiger partial charge in [-0.3, -0.25) is 5.41 Å². The molecule has 0 amide bonds. The van der Waals surface area contributed by atoms with Crippen LogP contribution in [0.25, 0.3) is 0 Å². The number of nitrogens with zero attached hydrogens (tertiary/aromatic N) is 1. The SMILES string of the molecule is CCCCc1ccc(N(Cc2ccc(C(C)(C)C)cc2)C(=N)N)cc1. The predicted molar refractivity (Wildman–Crippen MR) is 108 cm³/mol. The molecule has 2 aromatic carbocycles. The molecule has 2 rings (SSSR count). The van der Waals surface area contributed by atoms with Gasteiger partial charge in [-0.05, 0) is 47.1 Å². The third-order valence-corrected chi connectivity index (χ3v) is 4.52. The van der Waals surface area contributed by atoms with Crippen molar-refractivity contribution < 1.29 is 0 Å². The molecule has 0 aliphatic rings. The van der Waals surface area contributed by atoms with Crippen LogP contribution >= 0.6 is 0 Å². The molecule has 0 aromatic heterocycles. The summed E-state index contributed by atoms with van der Waals surface area (Å²) in [4.78, 5) is 1.84. The number of nitrogens with one attached hydrogen (secondary N) is 1. The summed E-state index contributed by atoms with van der Waals surface area (Å²) in [5, 5.41) is 7.95. The molecule has 3 N–H and O–H groups in total. The lowest BCUT2D eigenvalue weighted by atomic mass is 9.87. The van der Waals surface area contributed by atoms with E-state index in [0.717, 1.165) is 17.7 Å². The number of rotatable bonds is 6. The van der Waals surface area contributed by atoms with Crippen LogP contribution in [0, 0.1) is 5.41 Å². The van der Waals surface area contributed by atoms with E-state index in [9.17, 15) is 0 Å². The Morgan fingerprint density at radius 2 is 1.52 bits per heavy atom. The highest BCUT2D eigenvalue weighted by atomic mass is 15.2. The molecule has 0 saturated carbocycles. The van der Waals surface area contributed by atoms with Crippen LogP contribution in [0.2, 0.25) is 0 Å². The van der Waals surface area contributed by atoms with E-state index < -0.39 is 0 Å². The Morgan fingerprint density at radius 3 is 2.00 bits per heavy atom. The van der Waals surface area contributed by atoms with E-state index in [-0.39, 0.29) is 11.4 Å². The van der Waals surface area contributed by atoms with Gasteiger partial charge in [-0.15, -0.1) is 0 Å². The summed E-state index contributed by atoms with van der Waals surface area (Å²) in [7, 11) is 0. The standard InChI is InChI=1S/C22H31N3/c1-5-6-7-17-10-14-20(15-11-17)25(21(23)24)16-18-8-12-19(13-9-18)22(2,3)4/h8-15H,5-7,16H2,1-4H3,(H3,23,24). The quantitative estimate of drug-likeness (QED) is 0.560. The van der Waals surface area contributed by atoms with Gasteiger partial charge in [0.1, 0.15) is 0 Å². The maximum absolute atomic E-state index is 7.95. The van der Waals surface area contributed by atoms with Gasteiger partial charge in [0.15, 0.2) is 5.96 Å². The molecule has 134 valence electrons. The molecule has 0 radical (unpaired) electrons. The summed E-state index contributed by atoms with van der Waals surface area (Å²) in [6, 6.07) is 17.0. The zero-order chi connectivity index (χ0) is 18.4. The summed E-state index contributed by atoms with van der Waals surface area (Å²) in [5.41, 5.74) is 10.8. The summed E-state index contributed by atoms with van der Waals surface area (Å²) in [5.74, 6) is 0.0706. The number of benzene rings is 2. The lowest BCUT2D eigenvalue weighted by molar-refractivity contribution is 0.590. The van der Waals surface area contributed by atoms with Crippen LogP contribution in [0.1, 0.15) is 57.2 Å². The van der Waals surface area contributed by atoms with E-state index >= 15 is 0 Å². The minimum Gasteiger partial charge on any atom is -0.370 e. The lowest BCUT2D eigenvalue weighted by Crippen LogP contribution is -2.35. The fourth-order valence-electron chi connectivity index (χ4n) is 2.83. The number of unbranched alkanes of at least 4 members (excludes halogenated alkanes) is 1. The molecule has 0 aliphatic carbocycles. The highest BCUT2D eigenvalue weighted by Crippen LogP contribution is 2.24. The van der Waals surface area contributed by atoms with Crippen molar-refractivity contribution in [3.63, 3.8) is 0 Å². The minimum absolute atomic E-state index is 0.0706. The van der Waals surface area contributed by atoms with E-state index in [2.05, 4.69) is 76.2 Å². The molecule has 25 heavy (non-hydrogen) atoms. The normalized spacial score (nSPS) is 11.4. The first-order chi connectivity index (χ1) is 11.8. The molecule has 0 atom stereocenters. The van der Waals surface area contributed by atoms with Gasteiger partial charge in [-0.1, -0.05) is 70.5 Å². The number of hydrogen-bond donors (Lipinski definition) is 2. The Labute approximate surface area is 152 Å². The van der Waals surface area contributed by atoms with E-state index in [1.165, 1.54) is 24.0 Å². The third-order valence-electron chi connectivity index (χ3n) is 4.52. The van der Waals surface area contributed by atoms with E-state index in [0.29, 0.717) is 6.54 Å². The van der Waals surface area contributed by atoms with Crippen molar-refractivity contribution in [3.8, 4) is 0 Å². The van der Waals surface area contributed by atoms with Gasteiger partial charge in [-0.25, -0.2) is 0 Å². The Kier molecular flexibility index (Phi) is 6.24. The Morgan fingerprint density at radius 1 is 0.960 bits per heavy atom. The monoisotopic (exact) mass is 337 g/mol. The number of hydrogen-bond acceptors (Lipinski definition) is 1. The predicted octanol–water partition coefficient (Wildman–Crippen LogP) is 5.23. The average Bonchev–Trinajstić information content (AvgIpc) is 2.58. The smallest absolute Gasteiger partial charge is 0.193 e. The number of aryl methyl sites for hydroxylation is 1. The highest BCUT2D eigenvalue weighted by Gasteiger charge is 2.14. The fraction of sp³-hybridized carbons (Fsp3) is 0.409. The first-order valence-corrected chi connectivity index (χ1v) is 9.11. The van der Waals surface area contributed by atoms with Crippen molar-refractivity contribution in [3.05, 3.63) is 65.2 Å². The second-order valence-electron chi connectivity index (χ2n) is 7.69. The molecule has 0 unspecified atom stereocenters. The zero-order valence-corrected chi connectivity index (χ0v) is 16.0. The number of anilines is 1. The molecule has 2 aromatic rings. The van der Waals surface area contributed by atoms with Crippen molar-refractivity contribution >= 4 is 11.6 Å². The van der Waals surface area contributed by atoms with E-state index in [1.54, 1.807) is 0 Å². The number of nitrogens with two attached hydrogens (primary N) is 1. The molecule has 3 nitrogen and oxygen atoms in total. The largest absolute Gasteiger partial charge is 0.370 e. The molecule has 0 aliphatic heterocycles. The summed E-state index contributed by atoms with van der Waals surface area (Å²) in [6.07, 6.45) is 3.51. The van der Waals surface area contributed by atoms with Crippen molar-refractivity contribution in [2.24, 2.45) is 5.73 Å². The number of guanidine groups is 1. The summed E-state index contributed by atoms with van der Waals surface area (Å²) in [6.45, 7) is 9.45. The summed E-state index contributed by atoms with van der Waals surface area (Å²) >= 11 is 0. The van der Waals surface area contributed by atoms with Crippen LogP contribution in [0.4, 0.5) is 5.69 Å². The van der Waals surface area contributed by atoms with Gasteiger partial charge in [0.2, 0.25) is 0 Å². The van der Waals surface area contributed by atoms with Gasteiger partial charge in [0.05, 0.1) is 6.54 Å². The highest BCUT2D eigenvalue weighted by molar-refractivity contribution is 5.92. The topological polar surface area (TPSA) is 53.1 Å². The third kappa shape index (κ3) is 5.35. The molecular weight excluding hydrogens is 306 g/mol. The maximum Gasteiger partial charge on any atom is 0.193 e. The maximum atomic E-state index is 7.95. The molecule has 0 fully saturated rings. The van der Waals surface area contributed by atoms with Crippen LogP contribution < -0.4 is 10.6 Å². The Bertz CT molecular complexity index is 679. The van der Waals surface area contributed by atoms with Crippen LogP contribution in [-0.4, -0.2) is 5.96 Å². The van der Waals surface area contributed by atoms with Crippen molar-refractivity contribution in [1.82, 2.24) is 0 Å². The minimum atomic E-state index is 0.0706. The van der Waals surface area contributed by atoms with Crippen LogP contribution in [0.5, 0.6) is 0 Å². The molecule has 0 bridgehead atoms. The van der Waals surface area contributed by atoms with E-state index in [4.69, 9.17) is 11.1 Å². The molecule has 0 saturated heterocycles. The Balaban J connectivity index is 2.14. The van der Waals surface area contributed by atoms with Gasteiger partial charge >= 0.3 is 0 Å². The van der Waals surface area contributed by atoms with Gasteiger partial charge in [-0.2, -0.15) is 0 Å². The van der Waals surface area contributed by atoms with Crippen molar-refractivity contribution in [2.75, 3.05) is 4.90 Å². The van der Waals surface area contributed by atoms with Crippen molar-refractivity contribution in [1.29, 1.82) is 5.41 Å². The Hall–Kier alpha value is -2.29. The van der Waals surface area contributed by atoms with Crippen molar-refractivity contribution in [2.45, 2.75) is 58.9 Å². The fourth-order valence-corrected chi connectivity index (χ4v) is 2.83. The van der Waals surface area contributed by atoms with Crippen LogP contribution in [-0.2, 0) is 18.4 Å². The van der Waals surface area contributed by atoms with Gasteiger partial charge in [0, 0.05) is 5.69 Å². The molecule has 3 heteroatoms. The lowest BCUT2D eigenvalue weighted by Gasteiger charge is -2.24. The second kappa shape index (κ2) is 8.19. The molecule has 0 heterocycles. The van der Waals surface area contributed by atoms with Gasteiger partial charge in [0.25, 0.3) is 0 Å². The summed E-state index contributed by atoms with van der Waals surface area (Å²) < 4.78 is 0. The second-order valence-corrected chi connectivity index (χ2v) is 7.69. The average molecular weight is 338 g/mol. The van der Waals surface area contributed by atoms with Crippen LogP contribution in [0.3, 0.4) is 0 Å². The van der Waals surface area contributed by atoms with Crippen LogP contribution in [0.15, 0.2) is 48.5 Å². The molecule has 0 spiro atoms. The first-order valence-electron chi connectivity index (χ1n) is 9.11.